The maximum absolute atomic E-state index is 12.5. The smallest absolute Gasteiger partial charge is 0.279 e. The van der Waals surface area contributed by atoms with E-state index in [1.165, 1.54) is 0 Å². The Morgan fingerprint density at radius 3 is 2.68 bits per heavy atom. The summed E-state index contributed by atoms with van der Waals surface area (Å²) < 4.78 is 2.54. The Kier molecular flexibility index (Phi) is 3.28. The minimum atomic E-state index is -0.00384. The molecule has 0 spiro atoms. The normalized spacial score (nSPS) is 17.1. The van der Waals surface area contributed by atoms with Crippen LogP contribution in [-0.2, 0) is 0 Å². The van der Waals surface area contributed by atoms with E-state index in [0.717, 1.165) is 36.2 Å². The van der Waals surface area contributed by atoms with E-state index in [4.69, 9.17) is 0 Å². The van der Waals surface area contributed by atoms with E-state index < -0.39 is 0 Å². The zero-order valence-electron chi connectivity index (χ0n) is 10.7. The van der Waals surface area contributed by atoms with Crippen molar-refractivity contribution in [3.63, 3.8) is 0 Å². The van der Waals surface area contributed by atoms with E-state index in [0.29, 0.717) is 5.39 Å². The molecule has 100 valence electrons. The molecule has 0 radical (unpaired) electrons. The quantitative estimate of drug-likeness (QED) is 0.786. The van der Waals surface area contributed by atoms with E-state index >= 15 is 0 Å². The highest BCUT2D eigenvalue weighted by molar-refractivity contribution is 9.10. The number of fused-ring (bicyclic) bond motifs is 1. The molecule has 1 aliphatic heterocycles. The van der Waals surface area contributed by atoms with Gasteiger partial charge in [-0.3, -0.25) is 4.79 Å². The van der Waals surface area contributed by atoms with Crippen LogP contribution >= 0.6 is 15.9 Å². The van der Waals surface area contributed by atoms with Gasteiger partial charge in [-0.25, -0.2) is 9.66 Å². The molecule has 1 fully saturated rings. The summed E-state index contributed by atoms with van der Waals surface area (Å²) in [6.45, 7) is 3.61. The molecule has 0 N–H and O–H groups in total. The first-order chi connectivity index (χ1) is 9.15. The van der Waals surface area contributed by atoms with Crippen molar-refractivity contribution in [1.29, 1.82) is 0 Å². The van der Waals surface area contributed by atoms with Crippen LogP contribution in [0.15, 0.2) is 33.8 Å². The van der Waals surface area contributed by atoms with Crippen molar-refractivity contribution in [3.8, 4) is 0 Å². The number of aromatic nitrogens is 2. The topological polar surface area (TPSA) is 41.4 Å². The third-order valence-corrected chi connectivity index (χ3v) is 3.98. The van der Waals surface area contributed by atoms with Crippen molar-refractivity contribution in [3.05, 3.63) is 39.4 Å². The van der Waals surface area contributed by atoms with Crippen LogP contribution in [0.5, 0.6) is 0 Å². The molecule has 6 heteroatoms. The summed E-state index contributed by atoms with van der Waals surface area (Å²) in [6.07, 6.45) is 1.63. The van der Waals surface area contributed by atoms with Crippen molar-refractivity contribution < 1.29 is 0 Å². The first-order valence-electron chi connectivity index (χ1n) is 6.26. The fraction of sp³-hybridized carbons (Fsp3) is 0.385. The number of piperazine rings is 1. The number of nitrogens with zero attached hydrogens (tertiary/aromatic N) is 4. The van der Waals surface area contributed by atoms with E-state index in [1.54, 1.807) is 11.0 Å². The summed E-state index contributed by atoms with van der Waals surface area (Å²) in [4.78, 5) is 19.1. The lowest BCUT2D eigenvalue weighted by atomic mass is 10.2. The molecule has 0 bridgehead atoms. The van der Waals surface area contributed by atoms with Gasteiger partial charge in [0.25, 0.3) is 5.56 Å². The average Bonchev–Trinajstić information content (AvgIpc) is 2.41. The van der Waals surface area contributed by atoms with Gasteiger partial charge in [-0.2, -0.15) is 0 Å². The molecule has 5 nitrogen and oxygen atoms in total. The second-order valence-electron chi connectivity index (χ2n) is 4.81. The zero-order chi connectivity index (χ0) is 13.4. The highest BCUT2D eigenvalue weighted by Crippen LogP contribution is 2.14. The fourth-order valence-electron chi connectivity index (χ4n) is 2.30. The van der Waals surface area contributed by atoms with Gasteiger partial charge >= 0.3 is 0 Å². The second kappa shape index (κ2) is 4.94. The lowest BCUT2D eigenvalue weighted by Gasteiger charge is -2.34. The minimum Gasteiger partial charge on any atom is -0.306 e. The third kappa shape index (κ3) is 2.37. The first kappa shape index (κ1) is 12.6. The molecule has 1 aromatic heterocycles. The summed E-state index contributed by atoms with van der Waals surface area (Å²) in [5.41, 5.74) is 0.731. The Labute approximate surface area is 119 Å². The number of hydrogen-bond acceptors (Lipinski definition) is 4. The van der Waals surface area contributed by atoms with Gasteiger partial charge in [0.05, 0.1) is 10.9 Å². The highest BCUT2D eigenvalue weighted by atomic mass is 79.9. The molecule has 1 aliphatic rings. The summed E-state index contributed by atoms with van der Waals surface area (Å²) >= 11 is 3.40. The van der Waals surface area contributed by atoms with Crippen molar-refractivity contribution in [2.75, 3.05) is 38.2 Å². The molecule has 1 saturated heterocycles. The molecule has 0 aliphatic carbocycles. The van der Waals surface area contributed by atoms with E-state index in [-0.39, 0.29) is 5.56 Å². The third-order valence-electron chi connectivity index (χ3n) is 3.49. The minimum absolute atomic E-state index is 0.00384. The monoisotopic (exact) mass is 322 g/mol. The Morgan fingerprint density at radius 1 is 1.21 bits per heavy atom. The number of likely N-dealkylation sites (N-methyl/N-ethyl adjacent to an activating group) is 1. The van der Waals surface area contributed by atoms with Crippen LogP contribution < -0.4 is 10.6 Å². The zero-order valence-corrected chi connectivity index (χ0v) is 12.3. The van der Waals surface area contributed by atoms with Gasteiger partial charge in [0.1, 0.15) is 6.33 Å². The fourth-order valence-corrected chi connectivity index (χ4v) is 2.66. The maximum atomic E-state index is 12.5. The Morgan fingerprint density at radius 2 is 1.95 bits per heavy atom. The van der Waals surface area contributed by atoms with Crippen LogP contribution in [0.2, 0.25) is 0 Å². The second-order valence-corrected chi connectivity index (χ2v) is 5.73. The lowest BCUT2D eigenvalue weighted by molar-refractivity contribution is 0.285. The van der Waals surface area contributed by atoms with Crippen molar-refractivity contribution in [2.24, 2.45) is 0 Å². The van der Waals surface area contributed by atoms with Gasteiger partial charge in [-0.1, -0.05) is 15.9 Å². The van der Waals surface area contributed by atoms with Crippen molar-refractivity contribution in [1.82, 2.24) is 14.6 Å². The highest BCUT2D eigenvalue weighted by Gasteiger charge is 2.16. The Hall–Kier alpha value is -1.40. The van der Waals surface area contributed by atoms with Crippen molar-refractivity contribution >= 4 is 26.8 Å². The van der Waals surface area contributed by atoms with E-state index in [1.807, 2.05) is 18.2 Å². The average molecular weight is 323 g/mol. The molecule has 1 aromatic carbocycles. The molecular weight excluding hydrogens is 308 g/mol. The molecule has 0 amide bonds. The van der Waals surface area contributed by atoms with Crippen LogP contribution in [0.4, 0.5) is 0 Å². The Bertz CT molecular complexity index is 661. The molecule has 19 heavy (non-hydrogen) atoms. The SMILES string of the molecule is CN1CCN(n2cnc3ccc(Br)cc3c2=O)CC1. The van der Waals surface area contributed by atoms with Gasteiger partial charge in [0.2, 0.25) is 0 Å². The number of rotatable bonds is 1. The van der Waals surface area contributed by atoms with E-state index in [9.17, 15) is 4.79 Å². The van der Waals surface area contributed by atoms with Gasteiger partial charge in [-0.05, 0) is 25.2 Å². The lowest BCUT2D eigenvalue weighted by Crippen LogP contribution is -2.53. The van der Waals surface area contributed by atoms with Crippen LogP contribution in [0.25, 0.3) is 10.9 Å². The summed E-state index contributed by atoms with van der Waals surface area (Å²) in [5.74, 6) is 0. The Balaban J connectivity index is 2.05. The molecule has 3 rings (SSSR count). The van der Waals surface area contributed by atoms with Gasteiger partial charge in [0, 0.05) is 30.7 Å². The molecule has 2 aromatic rings. The predicted octanol–water partition coefficient (Wildman–Crippen LogP) is 1.04. The molecule has 0 unspecified atom stereocenters. The molecule has 0 saturated carbocycles. The maximum Gasteiger partial charge on any atom is 0.279 e. The molecular formula is C13H15BrN4O. The van der Waals surface area contributed by atoms with E-state index in [2.05, 4.69) is 37.9 Å². The molecule has 2 heterocycles. The predicted molar refractivity (Wildman–Crippen MR) is 79.2 cm³/mol. The van der Waals surface area contributed by atoms with Crippen LogP contribution in [0, 0.1) is 0 Å². The number of benzene rings is 1. The van der Waals surface area contributed by atoms with Crippen LogP contribution in [0.1, 0.15) is 0 Å². The van der Waals surface area contributed by atoms with Gasteiger partial charge in [-0.15, -0.1) is 0 Å². The molecule has 0 atom stereocenters. The van der Waals surface area contributed by atoms with Crippen LogP contribution in [-0.4, -0.2) is 47.8 Å². The summed E-state index contributed by atoms with van der Waals surface area (Å²) in [7, 11) is 2.09. The van der Waals surface area contributed by atoms with Gasteiger partial charge in [0.15, 0.2) is 0 Å². The van der Waals surface area contributed by atoms with Gasteiger partial charge < -0.3 is 9.91 Å². The first-order valence-corrected chi connectivity index (χ1v) is 7.05. The van der Waals surface area contributed by atoms with Crippen LogP contribution in [0.3, 0.4) is 0 Å². The number of halogens is 1. The van der Waals surface area contributed by atoms with Crippen molar-refractivity contribution in [2.45, 2.75) is 0 Å². The summed E-state index contributed by atoms with van der Waals surface area (Å²) in [6, 6.07) is 5.58. The standard InChI is InChI=1S/C13H15BrN4O/c1-16-4-6-17(7-5-16)18-9-15-12-3-2-10(14)8-11(12)13(18)19/h2-3,8-9H,4-7H2,1H3. The number of hydrogen-bond donors (Lipinski definition) is 0. The summed E-state index contributed by atoms with van der Waals surface area (Å²) in [5, 5.41) is 2.70. The largest absolute Gasteiger partial charge is 0.306 e.